The van der Waals surface area contributed by atoms with E-state index in [1.54, 1.807) is 18.3 Å². The molecular weight excluding hydrogens is 276 g/mol. The first kappa shape index (κ1) is 14.5. The van der Waals surface area contributed by atoms with E-state index in [9.17, 15) is 14.0 Å². The van der Waals surface area contributed by atoms with Crippen molar-refractivity contribution >= 4 is 11.3 Å². The molecule has 0 unspecified atom stereocenters. The maximum Gasteiger partial charge on any atom is 0.387 e. The van der Waals surface area contributed by atoms with Gasteiger partial charge in [-0.3, -0.25) is 4.98 Å². The van der Waals surface area contributed by atoms with E-state index in [2.05, 4.69) is 9.72 Å². The topological polar surface area (TPSA) is 71.9 Å². The number of allylic oxidation sites excluding steroid dienone is 1. The van der Waals surface area contributed by atoms with Crippen LogP contribution in [0.25, 0.3) is 11.3 Å². The van der Waals surface area contributed by atoms with Crippen molar-refractivity contribution < 1.29 is 13.5 Å². The number of nitrogens with two attached hydrogens (primary N) is 1. The second kappa shape index (κ2) is 6.48. The molecule has 0 spiro atoms. The molecule has 0 aliphatic carbocycles. The first-order valence-electron chi connectivity index (χ1n) is 5.97. The Bertz CT molecular complexity index is 676. The third-order valence-corrected chi connectivity index (χ3v) is 2.72. The number of nitrogens with zero attached hydrogens (tertiary/aromatic N) is 2. The van der Waals surface area contributed by atoms with Crippen molar-refractivity contribution in [3.05, 3.63) is 59.9 Å². The van der Waals surface area contributed by atoms with Crippen LogP contribution in [0.3, 0.4) is 0 Å². The van der Waals surface area contributed by atoms with Gasteiger partial charge in [0, 0.05) is 18.0 Å². The number of aromatic nitrogens is 1. The normalized spacial score (nSPS) is 11.7. The molecule has 1 heterocycles. The van der Waals surface area contributed by atoms with E-state index in [1.165, 1.54) is 30.5 Å². The zero-order chi connectivity index (χ0) is 15.2. The summed E-state index contributed by atoms with van der Waals surface area (Å²) >= 11 is 0. The lowest BCUT2D eigenvalue weighted by molar-refractivity contribution is -0.0498. The highest BCUT2D eigenvalue weighted by atomic mass is 19.3. The summed E-state index contributed by atoms with van der Waals surface area (Å²) in [5.41, 5.74) is 7.61. The van der Waals surface area contributed by atoms with Crippen molar-refractivity contribution in [2.24, 2.45) is 5.73 Å². The molecular formula is C15H11F2N3O. The van der Waals surface area contributed by atoms with Gasteiger partial charge in [0.25, 0.3) is 0 Å². The van der Waals surface area contributed by atoms with Gasteiger partial charge in [0.1, 0.15) is 11.8 Å². The number of pyridine rings is 1. The van der Waals surface area contributed by atoms with Crippen molar-refractivity contribution in [1.29, 1.82) is 5.26 Å². The second-order valence-electron chi connectivity index (χ2n) is 4.05. The Balaban J connectivity index is 2.35. The Morgan fingerprint density at radius 1 is 1.19 bits per heavy atom. The van der Waals surface area contributed by atoms with Crippen LogP contribution in [0, 0.1) is 11.3 Å². The molecule has 0 saturated carbocycles. The maximum atomic E-state index is 12.1. The van der Waals surface area contributed by atoms with Crippen LogP contribution >= 0.6 is 0 Å². The van der Waals surface area contributed by atoms with Gasteiger partial charge in [0.05, 0.1) is 11.3 Å². The van der Waals surface area contributed by atoms with Crippen LogP contribution in [0.2, 0.25) is 0 Å². The summed E-state index contributed by atoms with van der Waals surface area (Å²) in [4.78, 5) is 3.93. The van der Waals surface area contributed by atoms with E-state index in [0.29, 0.717) is 11.1 Å². The number of rotatable bonds is 4. The highest BCUT2D eigenvalue weighted by Gasteiger charge is 2.09. The minimum absolute atomic E-state index is 0.0291. The lowest BCUT2D eigenvalue weighted by atomic mass is 10.0. The number of nitriles is 1. The molecule has 2 aromatic rings. The fourth-order valence-corrected chi connectivity index (χ4v) is 1.75. The summed E-state index contributed by atoms with van der Waals surface area (Å²) in [5, 5.41) is 9.25. The van der Waals surface area contributed by atoms with Crippen LogP contribution in [0.1, 0.15) is 11.1 Å². The number of benzene rings is 1. The van der Waals surface area contributed by atoms with Gasteiger partial charge in [-0.15, -0.1) is 0 Å². The maximum absolute atomic E-state index is 12.1. The van der Waals surface area contributed by atoms with Crippen LogP contribution in [0.4, 0.5) is 8.78 Å². The summed E-state index contributed by atoms with van der Waals surface area (Å²) in [6, 6.07) is 11.2. The average molecular weight is 287 g/mol. The van der Waals surface area contributed by atoms with Gasteiger partial charge in [-0.25, -0.2) is 0 Å². The van der Waals surface area contributed by atoms with Gasteiger partial charge in [-0.1, -0.05) is 6.07 Å². The molecule has 2 rings (SSSR count). The molecule has 0 fully saturated rings. The van der Waals surface area contributed by atoms with Crippen molar-refractivity contribution in [1.82, 2.24) is 4.98 Å². The van der Waals surface area contributed by atoms with E-state index >= 15 is 0 Å². The fourth-order valence-electron chi connectivity index (χ4n) is 1.75. The van der Waals surface area contributed by atoms with Gasteiger partial charge in [-0.2, -0.15) is 14.0 Å². The first-order chi connectivity index (χ1) is 10.1. The molecule has 0 bridgehead atoms. The van der Waals surface area contributed by atoms with Crippen LogP contribution in [0.15, 0.2) is 48.8 Å². The van der Waals surface area contributed by atoms with Gasteiger partial charge in [0.2, 0.25) is 0 Å². The van der Waals surface area contributed by atoms with Crippen LogP contribution in [0.5, 0.6) is 5.75 Å². The van der Waals surface area contributed by atoms with Crippen molar-refractivity contribution in [2.45, 2.75) is 6.61 Å². The van der Waals surface area contributed by atoms with Crippen molar-refractivity contribution in [3.63, 3.8) is 0 Å². The molecule has 2 N–H and O–H groups in total. The minimum atomic E-state index is -2.88. The Kier molecular flexibility index (Phi) is 4.46. The largest absolute Gasteiger partial charge is 0.435 e. The SMILES string of the molecule is N#C/C(=C(/N)c1ccc(OC(F)F)cc1)c1cccnc1. The molecule has 0 atom stereocenters. The fraction of sp³-hybridized carbons (Fsp3) is 0.0667. The predicted molar refractivity (Wildman–Crippen MR) is 73.9 cm³/mol. The van der Waals surface area contributed by atoms with Crippen molar-refractivity contribution in [3.8, 4) is 11.8 Å². The molecule has 1 aromatic carbocycles. The molecule has 0 amide bonds. The van der Waals surface area contributed by atoms with E-state index in [4.69, 9.17) is 5.73 Å². The van der Waals surface area contributed by atoms with E-state index in [1.807, 2.05) is 6.07 Å². The van der Waals surface area contributed by atoms with E-state index < -0.39 is 6.61 Å². The molecule has 4 nitrogen and oxygen atoms in total. The average Bonchev–Trinajstić information content (AvgIpc) is 2.49. The Labute approximate surface area is 120 Å². The van der Waals surface area contributed by atoms with Crippen LogP contribution in [-0.4, -0.2) is 11.6 Å². The van der Waals surface area contributed by atoms with Gasteiger partial charge < -0.3 is 10.5 Å². The quantitative estimate of drug-likeness (QED) is 0.877. The molecule has 21 heavy (non-hydrogen) atoms. The minimum Gasteiger partial charge on any atom is -0.435 e. The number of halogens is 2. The third kappa shape index (κ3) is 3.54. The first-order valence-corrected chi connectivity index (χ1v) is 5.97. The number of hydrogen-bond acceptors (Lipinski definition) is 4. The number of ether oxygens (including phenoxy) is 1. The molecule has 0 aliphatic heterocycles. The summed E-state index contributed by atoms with van der Waals surface area (Å²) in [7, 11) is 0. The summed E-state index contributed by atoms with van der Waals surface area (Å²) in [6.07, 6.45) is 3.12. The number of hydrogen-bond donors (Lipinski definition) is 1. The zero-order valence-electron chi connectivity index (χ0n) is 10.8. The third-order valence-electron chi connectivity index (χ3n) is 2.72. The van der Waals surface area contributed by atoms with Crippen LogP contribution < -0.4 is 10.5 Å². The van der Waals surface area contributed by atoms with Gasteiger partial charge in [0.15, 0.2) is 0 Å². The lowest BCUT2D eigenvalue weighted by Gasteiger charge is -2.08. The van der Waals surface area contributed by atoms with E-state index in [-0.39, 0.29) is 17.0 Å². The summed E-state index contributed by atoms with van der Waals surface area (Å²) in [6.45, 7) is -2.88. The molecule has 6 heteroatoms. The standard InChI is InChI=1S/C15H11F2N3O/c16-15(17)21-12-5-3-10(4-6-12)14(19)13(8-18)11-2-1-7-20-9-11/h1-7,9,15H,19H2/b14-13-. The smallest absolute Gasteiger partial charge is 0.387 e. The predicted octanol–water partition coefficient (Wildman–Crippen LogP) is 3.03. The Hall–Kier alpha value is -2.94. The van der Waals surface area contributed by atoms with Crippen molar-refractivity contribution in [2.75, 3.05) is 0 Å². The highest BCUT2D eigenvalue weighted by Crippen LogP contribution is 2.23. The molecule has 106 valence electrons. The Morgan fingerprint density at radius 2 is 1.90 bits per heavy atom. The summed E-state index contributed by atoms with van der Waals surface area (Å²) < 4.78 is 28.4. The monoisotopic (exact) mass is 287 g/mol. The second-order valence-corrected chi connectivity index (χ2v) is 4.05. The zero-order valence-corrected chi connectivity index (χ0v) is 10.8. The molecule has 0 saturated heterocycles. The van der Waals surface area contributed by atoms with Crippen LogP contribution in [-0.2, 0) is 0 Å². The molecule has 0 aliphatic rings. The van der Waals surface area contributed by atoms with Gasteiger partial charge >= 0.3 is 6.61 Å². The highest BCUT2D eigenvalue weighted by molar-refractivity contribution is 5.95. The lowest BCUT2D eigenvalue weighted by Crippen LogP contribution is -2.03. The van der Waals surface area contributed by atoms with Gasteiger partial charge in [-0.05, 0) is 35.9 Å². The molecule has 1 aromatic heterocycles. The molecule has 0 radical (unpaired) electrons. The number of alkyl halides is 2. The van der Waals surface area contributed by atoms with E-state index in [0.717, 1.165) is 0 Å². The summed E-state index contributed by atoms with van der Waals surface area (Å²) in [5.74, 6) is 0.0291. The Morgan fingerprint density at radius 3 is 2.43 bits per heavy atom.